The van der Waals surface area contributed by atoms with Crippen LogP contribution in [0.15, 0.2) is 18.2 Å². The summed E-state index contributed by atoms with van der Waals surface area (Å²) < 4.78 is 12.8. The monoisotopic (exact) mass is 180 g/mol. The fourth-order valence-electron chi connectivity index (χ4n) is 1.72. The Labute approximate surface area is 76.9 Å². The Balaban J connectivity index is 2.26. The standard InChI is InChI=1S/C10H13FN2/c11-9-2-1-7-4-10(5-12)13-6-8(7)3-9/h1-3,10,13H,4-6,12H2. The molecule has 0 amide bonds. The summed E-state index contributed by atoms with van der Waals surface area (Å²) in [4.78, 5) is 0. The molecular weight excluding hydrogens is 167 g/mol. The number of rotatable bonds is 1. The van der Waals surface area contributed by atoms with E-state index in [1.165, 1.54) is 11.6 Å². The number of fused-ring (bicyclic) bond motifs is 1. The van der Waals surface area contributed by atoms with E-state index in [-0.39, 0.29) is 5.82 Å². The van der Waals surface area contributed by atoms with Crippen molar-refractivity contribution in [2.24, 2.45) is 5.73 Å². The van der Waals surface area contributed by atoms with Gasteiger partial charge in [0, 0.05) is 19.1 Å². The zero-order valence-electron chi connectivity index (χ0n) is 7.39. The van der Waals surface area contributed by atoms with Crippen molar-refractivity contribution in [3.8, 4) is 0 Å². The van der Waals surface area contributed by atoms with Gasteiger partial charge in [0.25, 0.3) is 0 Å². The van der Waals surface area contributed by atoms with Crippen LogP contribution in [-0.4, -0.2) is 12.6 Å². The maximum absolute atomic E-state index is 12.8. The first-order chi connectivity index (χ1) is 6.29. The average molecular weight is 180 g/mol. The average Bonchev–Trinajstić information content (AvgIpc) is 2.17. The topological polar surface area (TPSA) is 38.0 Å². The van der Waals surface area contributed by atoms with Crippen LogP contribution in [0.2, 0.25) is 0 Å². The van der Waals surface area contributed by atoms with Crippen LogP contribution in [-0.2, 0) is 13.0 Å². The molecule has 0 saturated heterocycles. The second kappa shape index (κ2) is 3.44. The van der Waals surface area contributed by atoms with E-state index >= 15 is 0 Å². The highest BCUT2D eigenvalue weighted by atomic mass is 19.1. The number of nitrogens with one attached hydrogen (secondary N) is 1. The van der Waals surface area contributed by atoms with E-state index in [1.807, 2.05) is 6.07 Å². The van der Waals surface area contributed by atoms with Crippen LogP contribution in [0, 0.1) is 5.82 Å². The van der Waals surface area contributed by atoms with Crippen LogP contribution < -0.4 is 11.1 Å². The Morgan fingerprint density at radius 3 is 3.08 bits per heavy atom. The highest BCUT2D eigenvalue weighted by Gasteiger charge is 2.16. The van der Waals surface area contributed by atoms with Gasteiger partial charge in [-0.05, 0) is 29.7 Å². The summed E-state index contributed by atoms with van der Waals surface area (Å²) in [6, 6.07) is 5.30. The Bertz CT molecular complexity index is 312. The first kappa shape index (κ1) is 8.66. The largest absolute Gasteiger partial charge is 0.329 e. The van der Waals surface area contributed by atoms with Crippen LogP contribution in [0.5, 0.6) is 0 Å². The summed E-state index contributed by atoms with van der Waals surface area (Å²) in [5.74, 6) is -0.160. The summed E-state index contributed by atoms with van der Waals surface area (Å²) in [7, 11) is 0. The van der Waals surface area contributed by atoms with Crippen molar-refractivity contribution < 1.29 is 4.39 Å². The minimum atomic E-state index is -0.160. The fourth-order valence-corrected chi connectivity index (χ4v) is 1.72. The summed E-state index contributed by atoms with van der Waals surface area (Å²) in [6.07, 6.45) is 0.909. The molecule has 3 N–H and O–H groups in total. The van der Waals surface area contributed by atoms with Gasteiger partial charge in [0.2, 0.25) is 0 Å². The maximum Gasteiger partial charge on any atom is 0.123 e. The third-order valence-electron chi connectivity index (χ3n) is 2.50. The van der Waals surface area contributed by atoms with Crippen molar-refractivity contribution in [1.29, 1.82) is 0 Å². The molecule has 1 heterocycles. The van der Waals surface area contributed by atoms with E-state index in [9.17, 15) is 4.39 Å². The molecule has 2 rings (SSSR count). The minimum absolute atomic E-state index is 0.160. The molecule has 13 heavy (non-hydrogen) atoms. The molecule has 0 aromatic heterocycles. The normalized spacial score (nSPS) is 21.2. The molecular formula is C10H13FN2. The summed E-state index contributed by atoms with van der Waals surface area (Å²) in [5.41, 5.74) is 7.83. The molecule has 0 aliphatic carbocycles. The highest BCUT2D eigenvalue weighted by Crippen LogP contribution is 2.17. The quantitative estimate of drug-likeness (QED) is 0.671. The highest BCUT2D eigenvalue weighted by molar-refractivity contribution is 5.30. The summed E-state index contributed by atoms with van der Waals surface area (Å²) >= 11 is 0. The van der Waals surface area contributed by atoms with Gasteiger partial charge in [-0.1, -0.05) is 6.07 Å². The van der Waals surface area contributed by atoms with Crippen molar-refractivity contribution >= 4 is 0 Å². The van der Waals surface area contributed by atoms with Gasteiger partial charge >= 0.3 is 0 Å². The minimum Gasteiger partial charge on any atom is -0.329 e. The lowest BCUT2D eigenvalue weighted by Gasteiger charge is -2.24. The smallest absolute Gasteiger partial charge is 0.123 e. The second-order valence-electron chi connectivity index (χ2n) is 3.43. The Morgan fingerprint density at radius 1 is 1.46 bits per heavy atom. The molecule has 0 saturated carbocycles. The second-order valence-corrected chi connectivity index (χ2v) is 3.43. The summed E-state index contributed by atoms with van der Waals surface area (Å²) in [6.45, 7) is 1.37. The zero-order valence-corrected chi connectivity index (χ0v) is 7.39. The van der Waals surface area contributed by atoms with Gasteiger partial charge in [-0.2, -0.15) is 0 Å². The van der Waals surface area contributed by atoms with E-state index in [0.29, 0.717) is 12.6 Å². The van der Waals surface area contributed by atoms with E-state index in [4.69, 9.17) is 5.73 Å². The first-order valence-electron chi connectivity index (χ1n) is 4.50. The van der Waals surface area contributed by atoms with Crippen molar-refractivity contribution in [2.45, 2.75) is 19.0 Å². The van der Waals surface area contributed by atoms with Crippen LogP contribution in [0.25, 0.3) is 0 Å². The zero-order chi connectivity index (χ0) is 9.26. The summed E-state index contributed by atoms with van der Waals surface area (Å²) in [5, 5.41) is 3.26. The number of benzene rings is 1. The number of nitrogens with two attached hydrogens (primary N) is 1. The van der Waals surface area contributed by atoms with Crippen LogP contribution in [0.4, 0.5) is 4.39 Å². The van der Waals surface area contributed by atoms with Crippen molar-refractivity contribution in [3.63, 3.8) is 0 Å². The van der Waals surface area contributed by atoms with E-state index < -0.39 is 0 Å². The number of hydrogen-bond acceptors (Lipinski definition) is 2. The van der Waals surface area contributed by atoms with Crippen LogP contribution in [0.3, 0.4) is 0 Å². The van der Waals surface area contributed by atoms with Crippen molar-refractivity contribution in [2.75, 3.05) is 6.54 Å². The number of hydrogen-bond donors (Lipinski definition) is 2. The third kappa shape index (κ3) is 1.71. The maximum atomic E-state index is 12.8. The molecule has 1 atom stereocenters. The Hall–Kier alpha value is -0.930. The molecule has 0 bridgehead atoms. The van der Waals surface area contributed by atoms with Gasteiger partial charge in [-0.3, -0.25) is 0 Å². The molecule has 0 radical (unpaired) electrons. The molecule has 70 valence electrons. The molecule has 1 aliphatic heterocycles. The lowest BCUT2D eigenvalue weighted by Crippen LogP contribution is -2.40. The molecule has 3 heteroatoms. The molecule has 1 aromatic rings. The van der Waals surface area contributed by atoms with Gasteiger partial charge in [0.15, 0.2) is 0 Å². The van der Waals surface area contributed by atoms with Gasteiger partial charge in [0.05, 0.1) is 0 Å². The predicted octanol–water partition coefficient (Wildman–Crippen LogP) is 0.799. The van der Waals surface area contributed by atoms with Gasteiger partial charge in [-0.25, -0.2) is 4.39 Å². The fraction of sp³-hybridized carbons (Fsp3) is 0.400. The van der Waals surface area contributed by atoms with E-state index in [1.54, 1.807) is 6.07 Å². The molecule has 1 unspecified atom stereocenters. The molecule has 1 aliphatic rings. The third-order valence-corrected chi connectivity index (χ3v) is 2.50. The lowest BCUT2D eigenvalue weighted by atomic mass is 9.96. The lowest BCUT2D eigenvalue weighted by molar-refractivity contribution is 0.484. The Kier molecular flexibility index (Phi) is 2.29. The Morgan fingerprint density at radius 2 is 2.31 bits per heavy atom. The van der Waals surface area contributed by atoms with Crippen LogP contribution >= 0.6 is 0 Å². The predicted molar refractivity (Wildman–Crippen MR) is 49.8 cm³/mol. The van der Waals surface area contributed by atoms with Crippen molar-refractivity contribution in [1.82, 2.24) is 5.32 Å². The van der Waals surface area contributed by atoms with E-state index in [0.717, 1.165) is 18.5 Å². The SMILES string of the molecule is NCC1Cc2ccc(F)cc2CN1. The van der Waals surface area contributed by atoms with Crippen LogP contribution in [0.1, 0.15) is 11.1 Å². The van der Waals surface area contributed by atoms with Crippen molar-refractivity contribution in [3.05, 3.63) is 35.1 Å². The van der Waals surface area contributed by atoms with E-state index in [2.05, 4.69) is 5.32 Å². The first-order valence-corrected chi connectivity index (χ1v) is 4.50. The van der Waals surface area contributed by atoms with Gasteiger partial charge in [-0.15, -0.1) is 0 Å². The molecule has 0 fully saturated rings. The molecule has 0 spiro atoms. The molecule has 1 aromatic carbocycles. The van der Waals surface area contributed by atoms with Gasteiger partial charge in [0.1, 0.15) is 5.82 Å². The van der Waals surface area contributed by atoms with Gasteiger partial charge < -0.3 is 11.1 Å². The molecule has 2 nitrogen and oxygen atoms in total. The number of halogens is 1.